The summed E-state index contributed by atoms with van der Waals surface area (Å²) < 4.78 is 0. The zero-order valence-electron chi connectivity index (χ0n) is 11.0. The van der Waals surface area contributed by atoms with E-state index in [0.717, 1.165) is 18.5 Å². The summed E-state index contributed by atoms with van der Waals surface area (Å²) in [4.78, 5) is 2.79. The van der Waals surface area contributed by atoms with Gasteiger partial charge in [-0.1, -0.05) is 19.8 Å². The van der Waals surface area contributed by atoms with Gasteiger partial charge in [-0.25, -0.2) is 0 Å². The van der Waals surface area contributed by atoms with E-state index in [9.17, 15) is 0 Å². The molecule has 2 atom stereocenters. The molecule has 2 fully saturated rings. The molecule has 0 radical (unpaired) electrons. The van der Waals surface area contributed by atoms with Crippen LogP contribution in [0.3, 0.4) is 0 Å². The molecule has 16 heavy (non-hydrogen) atoms. The van der Waals surface area contributed by atoms with Crippen molar-refractivity contribution in [2.45, 2.75) is 64.5 Å². The summed E-state index contributed by atoms with van der Waals surface area (Å²) in [6, 6.07) is 1.63. The number of piperidine rings is 1. The lowest BCUT2D eigenvalue weighted by Gasteiger charge is -2.39. The highest BCUT2D eigenvalue weighted by Gasteiger charge is 2.29. The summed E-state index contributed by atoms with van der Waals surface area (Å²) in [6.07, 6.45) is 8.70. The Morgan fingerprint density at radius 3 is 2.62 bits per heavy atom. The Balaban J connectivity index is 1.83. The average molecular weight is 224 g/mol. The molecule has 1 saturated carbocycles. The molecular formula is C14H28N2. The van der Waals surface area contributed by atoms with Gasteiger partial charge in [-0.3, -0.25) is 0 Å². The van der Waals surface area contributed by atoms with Crippen molar-refractivity contribution in [3.8, 4) is 0 Å². The van der Waals surface area contributed by atoms with Crippen LogP contribution in [0.25, 0.3) is 0 Å². The molecule has 1 aliphatic heterocycles. The van der Waals surface area contributed by atoms with Gasteiger partial charge in [0.1, 0.15) is 0 Å². The quantitative estimate of drug-likeness (QED) is 0.790. The van der Waals surface area contributed by atoms with E-state index < -0.39 is 0 Å². The molecule has 2 nitrogen and oxygen atoms in total. The Morgan fingerprint density at radius 1 is 1.19 bits per heavy atom. The number of rotatable bonds is 4. The SMILES string of the molecule is CCNC(C)C1CCCN(C2CCCC2)C1. The van der Waals surface area contributed by atoms with Gasteiger partial charge < -0.3 is 10.2 Å². The molecule has 1 N–H and O–H groups in total. The first-order chi connectivity index (χ1) is 7.81. The van der Waals surface area contributed by atoms with Gasteiger partial charge in [0.05, 0.1) is 0 Å². The minimum atomic E-state index is 0.703. The molecule has 0 bridgehead atoms. The van der Waals surface area contributed by atoms with Crippen LogP contribution in [-0.4, -0.2) is 36.6 Å². The summed E-state index contributed by atoms with van der Waals surface area (Å²) in [6.45, 7) is 8.40. The molecule has 0 aromatic heterocycles. The highest BCUT2D eigenvalue weighted by Crippen LogP contribution is 2.28. The molecule has 0 aromatic rings. The van der Waals surface area contributed by atoms with E-state index >= 15 is 0 Å². The third kappa shape index (κ3) is 2.98. The van der Waals surface area contributed by atoms with Crippen molar-refractivity contribution >= 4 is 0 Å². The Kier molecular flexibility index (Phi) is 4.66. The van der Waals surface area contributed by atoms with Gasteiger partial charge in [0, 0.05) is 18.6 Å². The second-order valence-corrected chi connectivity index (χ2v) is 5.68. The lowest BCUT2D eigenvalue weighted by atomic mass is 9.90. The molecule has 0 amide bonds. The Labute approximate surface area is 101 Å². The number of hydrogen-bond acceptors (Lipinski definition) is 2. The van der Waals surface area contributed by atoms with E-state index in [-0.39, 0.29) is 0 Å². The lowest BCUT2D eigenvalue weighted by molar-refractivity contribution is 0.109. The third-order valence-electron chi connectivity index (χ3n) is 4.56. The van der Waals surface area contributed by atoms with Crippen molar-refractivity contribution < 1.29 is 0 Å². The average Bonchev–Trinajstić information content (AvgIpc) is 2.83. The summed E-state index contributed by atoms with van der Waals surface area (Å²) in [7, 11) is 0. The van der Waals surface area contributed by atoms with Crippen LogP contribution in [0.2, 0.25) is 0 Å². The first kappa shape index (κ1) is 12.4. The Bertz CT molecular complexity index is 199. The van der Waals surface area contributed by atoms with E-state index in [1.54, 1.807) is 0 Å². The Hall–Kier alpha value is -0.0800. The summed E-state index contributed by atoms with van der Waals surface area (Å²) in [5, 5.41) is 3.60. The van der Waals surface area contributed by atoms with Crippen molar-refractivity contribution in [1.29, 1.82) is 0 Å². The predicted molar refractivity (Wildman–Crippen MR) is 69.7 cm³/mol. The molecule has 1 aliphatic carbocycles. The fraction of sp³-hybridized carbons (Fsp3) is 1.00. The third-order valence-corrected chi connectivity index (χ3v) is 4.56. The van der Waals surface area contributed by atoms with Crippen molar-refractivity contribution in [3.05, 3.63) is 0 Å². The van der Waals surface area contributed by atoms with E-state index in [2.05, 4.69) is 24.1 Å². The van der Waals surface area contributed by atoms with E-state index in [4.69, 9.17) is 0 Å². The highest BCUT2D eigenvalue weighted by molar-refractivity contribution is 4.85. The molecule has 1 saturated heterocycles. The molecule has 94 valence electrons. The standard InChI is InChI=1S/C14H28N2/c1-3-15-12(2)13-7-6-10-16(11-13)14-8-4-5-9-14/h12-15H,3-11H2,1-2H3. The molecule has 2 aliphatic rings. The number of nitrogens with zero attached hydrogens (tertiary/aromatic N) is 1. The molecule has 0 spiro atoms. The molecular weight excluding hydrogens is 196 g/mol. The van der Waals surface area contributed by atoms with Crippen molar-refractivity contribution in [1.82, 2.24) is 10.2 Å². The predicted octanol–water partition coefficient (Wildman–Crippen LogP) is 2.64. The van der Waals surface area contributed by atoms with Crippen LogP contribution in [0.5, 0.6) is 0 Å². The van der Waals surface area contributed by atoms with Crippen molar-refractivity contribution in [3.63, 3.8) is 0 Å². The second kappa shape index (κ2) is 6.02. The minimum absolute atomic E-state index is 0.703. The smallest absolute Gasteiger partial charge is 0.00953 e. The van der Waals surface area contributed by atoms with Gasteiger partial charge in [0.25, 0.3) is 0 Å². The topological polar surface area (TPSA) is 15.3 Å². The largest absolute Gasteiger partial charge is 0.314 e. The maximum atomic E-state index is 3.60. The number of hydrogen-bond donors (Lipinski definition) is 1. The van der Waals surface area contributed by atoms with E-state index in [1.165, 1.54) is 51.6 Å². The van der Waals surface area contributed by atoms with Gasteiger partial charge in [0.2, 0.25) is 0 Å². The van der Waals surface area contributed by atoms with Crippen LogP contribution < -0.4 is 5.32 Å². The molecule has 0 aromatic carbocycles. The van der Waals surface area contributed by atoms with Crippen LogP contribution in [0, 0.1) is 5.92 Å². The number of nitrogens with one attached hydrogen (secondary N) is 1. The normalized spacial score (nSPS) is 30.8. The van der Waals surface area contributed by atoms with E-state index in [1.807, 2.05) is 0 Å². The van der Waals surface area contributed by atoms with Crippen LogP contribution in [-0.2, 0) is 0 Å². The van der Waals surface area contributed by atoms with Gasteiger partial charge >= 0.3 is 0 Å². The van der Waals surface area contributed by atoms with Crippen LogP contribution in [0.1, 0.15) is 52.4 Å². The fourth-order valence-corrected chi connectivity index (χ4v) is 3.54. The summed E-state index contributed by atoms with van der Waals surface area (Å²) >= 11 is 0. The van der Waals surface area contributed by atoms with Gasteiger partial charge in [-0.15, -0.1) is 0 Å². The van der Waals surface area contributed by atoms with Crippen molar-refractivity contribution in [2.75, 3.05) is 19.6 Å². The highest BCUT2D eigenvalue weighted by atomic mass is 15.2. The summed E-state index contributed by atoms with van der Waals surface area (Å²) in [5.41, 5.74) is 0. The second-order valence-electron chi connectivity index (χ2n) is 5.68. The Morgan fingerprint density at radius 2 is 1.94 bits per heavy atom. The summed E-state index contributed by atoms with van der Waals surface area (Å²) in [5.74, 6) is 0.884. The molecule has 2 rings (SSSR count). The minimum Gasteiger partial charge on any atom is -0.314 e. The van der Waals surface area contributed by atoms with Gasteiger partial charge in [-0.05, 0) is 51.6 Å². The van der Waals surface area contributed by atoms with Gasteiger partial charge in [-0.2, -0.15) is 0 Å². The molecule has 2 heteroatoms. The van der Waals surface area contributed by atoms with E-state index in [0.29, 0.717) is 6.04 Å². The first-order valence-corrected chi connectivity index (χ1v) is 7.28. The van der Waals surface area contributed by atoms with Crippen LogP contribution in [0.4, 0.5) is 0 Å². The van der Waals surface area contributed by atoms with Gasteiger partial charge in [0.15, 0.2) is 0 Å². The fourth-order valence-electron chi connectivity index (χ4n) is 3.54. The van der Waals surface area contributed by atoms with Crippen LogP contribution >= 0.6 is 0 Å². The van der Waals surface area contributed by atoms with Crippen LogP contribution in [0.15, 0.2) is 0 Å². The maximum absolute atomic E-state index is 3.60. The zero-order valence-corrected chi connectivity index (χ0v) is 11.0. The molecule has 1 heterocycles. The number of likely N-dealkylation sites (tertiary alicyclic amines) is 1. The maximum Gasteiger partial charge on any atom is 0.00953 e. The monoisotopic (exact) mass is 224 g/mol. The first-order valence-electron chi connectivity index (χ1n) is 7.28. The molecule has 2 unspecified atom stereocenters. The van der Waals surface area contributed by atoms with Crippen molar-refractivity contribution in [2.24, 2.45) is 5.92 Å². The lowest BCUT2D eigenvalue weighted by Crippen LogP contribution is -2.47. The zero-order chi connectivity index (χ0) is 11.4.